The van der Waals surface area contributed by atoms with E-state index >= 15 is 0 Å². The summed E-state index contributed by atoms with van der Waals surface area (Å²) in [6.45, 7) is 0.356. The second kappa shape index (κ2) is 7.65. The van der Waals surface area contributed by atoms with E-state index in [-0.39, 0.29) is 17.4 Å². The molecule has 1 saturated heterocycles. The van der Waals surface area contributed by atoms with Crippen LogP contribution >= 0.6 is 0 Å². The Morgan fingerprint density at radius 1 is 0.871 bits per heavy atom. The zero-order valence-electron chi connectivity index (χ0n) is 16.7. The molecule has 3 aromatic rings. The highest BCUT2D eigenvalue weighted by Gasteiger charge is 2.40. The van der Waals surface area contributed by atoms with Crippen molar-refractivity contribution in [3.63, 3.8) is 0 Å². The molecule has 1 amide bonds. The van der Waals surface area contributed by atoms with Crippen LogP contribution in [0, 0.1) is 0 Å². The lowest BCUT2D eigenvalue weighted by molar-refractivity contribution is -0.127. The van der Waals surface area contributed by atoms with Gasteiger partial charge in [-0.25, -0.2) is 4.99 Å². The molecule has 1 atom stereocenters. The van der Waals surface area contributed by atoms with E-state index in [0.717, 1.165) is 28.1 Å². The fourth-order valence-corrected chi connectivity index (χ4v) is 3.94. The molecule has 1 unspecified atom stereocenters. The van der Waals surface area contributed by atoms with Crippen molar-refractivity contribution in [3.8, 4) is 11.5 Å². The molecule has 0 saturated carbocycles. The van der Waals surface area contributed by atoms with Crippen molar-refractivity contribution in [1.29, 1.82) is 0 Å². The highest BCUT2D eigenvalue weighted by molar-refractivity contribution is 6.09. The van der Waals surface area contributed by atoms with Crippen LogP contribution in [0.2, 0.25) is 0 Å². The fraction of sp³-hybridized carbons (Fsp3) is 0.120. The second-order valence-corrected chi connectivity index (χ2v) is 7.66. The molecule has 0 bridgehead atoms. The van der Waals surface area contributed by atoms with Crippen molar-refractivity contribution in [2.45, 2.75) is 12.5 Å². The van der Waals surface area contributed by atoms with E-state index in [9.17, 15) is 15.0 Å². The molecule has 2 aliphatic rings. The smallest absolute Gasteiger partial charge is 0.251 e. The molecule has 0 spiro atoms. The van der Waals surface area contributed by atoms with E-state index in [2.05, 4.69) is 5.32 Å². The highest BCUT2D eigenvalue weighted by Crippen LogP contribution is 2.31. The minimum atomic E-state index is -0.410. The lowest BCUT2D eigenvalue weighted by atomic mass is 10.0. The number of carbonyl (C=O) groups is 1. The molecule has 6 heteroatoms. The number of hydrogen-bond acceptors (Lipinski definition) is 5. The molecule has 0 aromatic heterocycles. The van der Waals surface area contributed by atoms with Gasteiger partial charge >= 0.3 is 0 Å². The van der Waals surface area contributed by atoms with E-state index in [1.54, 1.807) is 29.2 Å². The van der Waals surface area contributed by atoms with Gasteiger partial charge in [-0.05, 0) is 47.5 Å². The Morgan fingerprint density at radius 3 is 2.19 bits per heavy atom. The number of phenols is 2. The van der Waals surface area contributed by atoms with E-state index in [0.29, 0.717) is 18.8 Å². The fourth-order valence-electron chi connectivity index (χ4n) is 3.94. The first kappa shape index (κ1) is 18.9. The second-order valence-electron chi connectivity index (χ2n) is 7.66. The predicted molar refractivity (Wildman–Crippen MR) is 118 cm³/mol. The van der Waals surface area contributed by atoms with Crippen LogP contribution in [0.15, 0.2) is 89.7 Å². The van der Waals surface area contributed by atoms with Gasteiger partial charge in [0.2, 0.25) is 0 Å². The van der Waals surface area contributed by atoms with Gasteiger partial charge in [0.15, 0.2) is 0 Å². The van der Waals surface area contributed by atoms with Gasteiger partial charge in [0.25, 0.3) is 5.91 Å². The Kier molecular flexibility index (Phi) is 4.67. The maximum atomic E-state index is 13.3. The topological polar surface area (TPSA) is 85.2 Å². The molecular formula is C25H21N3O3. The van der Waals surface area contributed by atoms with Gasteiger partial charge in [-0.15, -0.1) is 0 Å². The number of benzene rings is 3. The van der Waals surface area contributed by atoms with Gasteiger partial charge in [-0.1, -0.05) is 42.5 Å². The van der Waals surface area contributed by atoms with Crippen LogP contribution in [-0.2, 0) is 11.2 Å². The Morgan fingerprint density at radius 2 is 1.52 bits per heavy atom. The largest absolute Gasteiger partial charge is 0.508 e. The molecule has 154 valence electrons. The normalized spacial score (nSPS) is 17.9. The van der Waals surface area contributed by atoms with Crippen molar-refractivity contribution in [3.05, 3.63) is 101 Å². The molecule has 0 aliphatic carbocycles. The Hall–Kier alpha value is -4.06. The third-order valence-electron chi connectivity index (χ3n) is 5.55. The monoisotopic (exact) mass is 411 g/mol. The van der Waals surface area contributed by atoms with E-state index < -0.39 is 6.04 Å². The first-order valence-corrected chi connectivity index (χ1v) is 10.1. The molecule has 1 fully saturated rings. The predicted octanol–water partition coefficient (Wildman–Crippen LogP) is 3.27. The molecule has 2 aliphatic heterocycles. The highest BCUT2D eigenvalue weighted by atomic mass is 16.3. The quantitative estimate of drug-likeness (QED) is 0.615. The Bertz CT molecular complexity index is 1180. The number of aliphatic imine (C=N–C) groups is 1. The van der Waals surface area contributed by atoms with E-state index in [1.165, 1.54) is 0 Å². The summed E-state index contributed by atoms with van der Waals surface area (Å²) in [5.74, 6) is 1.09. The number of amides is 1. The molecule has 3 aromatic carbocycles. The molecule has 3 N–H and O–H groups in total. The summed E-state index contributed by atoms with van der Waals surface area (Å²) < 4.78 is 0. The van der Waals surface area contributed by atoms with Gasteiger partial charge < -0.3 is 15.5 Å². The third-order valence-corrected chi connectivity index (χ3v) is 5.55. The van der Waals surface area contributed by atoms with Gasteiger partial charge in [0, 0.05) is 12.0 Å². The van der Waals surface area contributed by atoms with Crippen molar-refractivity contribution in [2.24, 2.45) is 4.99 Å². The lowest BCUT2D eigenvalue weighted by Gasteiger charge is -2.25. The number of aromatic hydroxyl groups is 2. The van der Waals surface area contributed by atoms with Gasteiger partial charge in [-0.2, -0.15) is 0 Å². The number of carbonyl (C=O) groups excluding carboxylic acids is 1. The number of nitrogens with one attached hydrogen (secondary N) is 1. The molecular weight excluding hydrogens is 390 g/mol. The van der Waals surface area contributed by atoms with Crippen molar-refractivity contribution < 1.29 is 15.0 Å². The van der Waals surface area contributed by atoms with E-state index in [4.69, 9.17) is 4.99 Å². The van der Waals surface area contributed by atoms with Crippen LogP contribution in [0.4, 0.5) is 0 Å². The SMILES string of the molecule is O=C1C(Cc2ccc(O)cc2)NC2=C(c3ccccc3)N=C(c3ccc(O)cc3)CN12. The van der Waals surface area contributed by atoms with Crippen LogP contribution in [0.3, 0.4) is 0 Å². The molecule has 6 nitrogen and oxygen atoms in total. The number of phenolic OH excluding ortho intramolecular Hbond substituents is 2. The number of hydrogen-bond donors (Lipinski definition) is 3. The summed E-state index contributed by atoms with van der Waals surface area (Å²) >= 11 is 0. The van der Waals surface area contributed by atoms with Crippen molar-refractivity contribution in [2.75, 3.05) is 6.54 Å². The Labute approximate surface area is 179 Å². The zero-order valence-corrected chi connectivity index (χ0v) is 16.7. The van der Waals surface area contributed by atoms with E-state index in [1.807, 2.05) is 54.6 Å². The van der Waals surface area contributed by atoms with Crippen LogP contribution in [0.1, 0.15) is 16.7 Å². The van der Waals surface area contributed by atoms with Gasteiger partial charge in [0.1, 0.15) is 29.1 Å². The number of rotatable bonds is 4. The maximum absolute atomic E-state index is 13.3. The summed E-state index contributed by atoms with van der Waals surface area (Å²) in [6, 6.07) is 23.1. The first-order chi connectivity index (χ1) is 15.1. The van der Waals surface area contributed by atoms with Crippen LogP contribution in [0.5, 0.6) is 11.5 Å². The summed E-state index contributed by atoms with van der Waals surface area (Å²) in [7, 11) is 0. The minimum absolute atomic E-state index is 0.0114. The standard InChI is InChI=1S/C25H21N3O3/c29-19-10-6-16(7-11-19)14-21-25(31)28-15-22(17-8-12-20(30)13-9-17)26-23(24(28)27-21)18-4-2-1-3-5-18/h1-13,21,27,29-30H,14-15H2. The van der Waals surface area contributed by atoms with Crippen molar-refractivity contribution >= 4 is 17.3 Å². The Balaban J connectivity index is 1.52. The lowest BCUT2D eigenvalue weighted by Crippen LogP contribution is -2.36. The maximum Gasteiger partial charge on any atom is 0.251 e. The molecule has 5 rings (SSSR count). The first-order valence-electron chi connectivity index (χ1n) is 10.1. The summed E-state index contributed by atoms with van der Waals surface area (Å²) in [4.78, 5) is 20.0. The number of nitrogens with zero attached hydrogens (tertiary/aromatic N) is 2. The average molecular weight is 411 g/mol. The summed E-state index contributed by atoms with van der Waals surface area (Å²) in [6.07, 6.45) is 0.510. The van der Waals surface area contributed by atoms with Crippen LogP contribution in [0.25, 0.3) is 5.70 Å². The molecule has 0 radical (unpaired) electrons. The molecule has 2 heterocycles. The third kappa shape index (κ3) is 3.64. The van der Waals surface area contributed by atoms with Crippen LogP contribution in [-0.4, -0.2) is 39.3 Å². The summed E-state index contributed by atoms with van der Waals surface area (Å²) in [5, 5.41) is 22.5. The minimum Gasteiger partial charge on any atom is -0.508 e. The zero-order chi connectivity index (χ0) is 21.4. The van der Waals surface area contributed by atoms with Crippen LogP contribution < -0.4 is 5.32 Å². The van der Waals surface area contributed by atoms with Crippen molar-refractivity contribution in [1.82, 2.24) is 10.2 Å². The summed E-state index contributed by atoms with van der Waals surface area (Å²) in [5.41, 5.74) is 4.23. The van der Waals surface area contributed by atoms with Gasteiger partial charge in [0.05, 0.1) is 12.3 Å². The number of fused-ring (bicyclic) bond motifs is 1. The average Bonchev–Trinajstić information content (AvgIpc) is 3.11. The molecule has 31 heavy (non-hydrogen) atoms. The van der Waals surface area contributed by atoms with Gasteiger partial charge in [-0.3, -0.25) is 9.69 Å².